The Kier molecular flexibility index (Phi) is 4.29. The molecule has 0 fully saturated rings. The zero-order chi connectivity index (χ0) is 14.0. The fourth-order valence-corrected chi connectivity index (χ4v) is 2.06. The zero-order valence-electron chi connectivity index (χ0n) is 9.27. The van der Waals surface area contributed by atoms with Gasteiger partial charge in [-0.3, -0.25) is 10.1 Å². The van der Waals surface area contributed by atoms with Gasteiger partial charge in [-0.05, 0) is 30.3 Å². The molecule has 0 N–H and O–H groups in total. The van der Waals surface area contributed by atoms with E-state index in [1.54, 1.807) is 18.2 Å². The minimum atomic E-state index is -0.562. The Morgan fingerprint density at radius 3 is 2.53 bits per heavy atom. The van der Waals surface area contributed by atoms with Crippen molar-refractivity contribution >= 4 is 44.8 Å². The summed E-state index contributed by atoms with van der Waals surface area (Å²) in [4.78, 5) is 10.4. The highest BCUT2D eigenvalue weighted by atomic mass is 79.9. The van der Waals surface area contributed by atoms with Crippen molar-refractivity contribution in [3.8, 4) is 11.5 Å². The first-order chi connectivity index (χ1) is 8.97. The maximum Gasteiger partial charge on any atom is 0.313 e. The molecule has 0 atom stereocenters. The van der Waals surface area contributed by atoms with Crippen LogP contribution in [-0.4, -0.2) is 4.92 Å². The number of nitro benzene ring substituents is 1. The van der Waals surface area contributed by atoms with E-state index in [1.165, 1.54) is 18.2 Å². The van der Waals surface area contributed by atoms with Crippen LogP contribution in [0.3, 0.4) is 0 Å². The Morgan fingerprint density at radius 2 is 1.84 bits per heavy atom. The van der Waals surface area contributed by atoms with Crippen molar-refractivity contribution in [1.29, 1.82) is 0 Å². The van der Waals surface area contributed by atoms with Crippen molar-refractivity contribution in [2.75, 3.05) is 0 Å². The average Bonchev–Trinajstić information content (AvgIpc) is 2.35. The van der Waals surface area contributed by atoms with Gasteiger partial charge in [0.25, 0.3) is 0 Å². The normalized spacial score (nSPS) is 10.3. The molecule has 98 valence electrons. The summed E-state index contributed by atoms with van der Waals surface area (Å²) >= 11 is 15.0. The van der Waals surface area contributed by atoms with Gasteiger partial charge in [-0.1, -0.05) is 39.1 Å². The lowest BCUT2D eigenvalue weighted by Crippen LogP contribution is -1.93. The third-order valence-electron chi connectivity index (χ3n) is 2.23. The molecule has 0 aromatic heterocycles. The van der Waals surface area contributed by atoms with E-state index in [0.29, 0.717) is 10.8 Å². The van der Waals surface area contributed by atoms with Crippen LogP contribution in [0.1, 0.15) is 0 Å². The molecule has 4 nitrogen and oxygen atoms in total. The molecule has 0 aliphatic rings. The van der Waals surface area contributed by atoms with Gasteiger partial charge in [0.2, 0.25) is 5.75 Å². The van der Waals surface area contributed by atoms with Crippen molar-refractivity contribution in [3.63, 3.8) is 0 Å². The van der Waals surface area contributed by atoms with E-state index in [9.17, 15) is 10.1 Å². The van der Waals surface area contributed by atoms with Gasteiger partial charge in [-0.15, -0.1) is 0 Å². The third kappa shape index (κ3) is 3.37. The largest absolute Gasteiger partial charge is 0.449 e. The Hall–Kier alpha value is -1.30. The quantitative estimate of drug-likeness (QED) is 0.538. The number of benzene rings is 2. The summed E-state index contributed by atoms with van der Waals surface area (Å²) in [5, 5.41) is 11.6. The minimum absolute atomic E-state index is 0.0781. The lowest BCUT2D eigenvalue weighted by molar-refractivity contribution is -0.385. The second-order valence-corrected chi connectivity index (χ2v) is 5.31. The van der Waals surface area contributed by atoms with E-state index in [4.69, 9.17) is 27.9 Å². The predicted molar refractivity (Wildman–Crippen MR) is 77.3 cm³/mol. The summed E-state index contributed by atoms with van der Waals surface area (Å²) in [6.45, 7) is 0. The molecule has 7 heteroatoms. The summed E-state index contributed by atoms with van der Waals surface area (Å²) in [5.41, 5.74) is -0.219. The van der Waals surface area contributed by atoms with Crippen molar-refractivity contribution in [2.45, 2.75) is 0 Å². The van der Waals surface area contributed by atoms with Crippen LogP contribution in [0.5, 0.6) is 11.5 Å². The number of rotatable bonds is 3. The van der Waals surface area contributed by atoms with Crippen molar-refractivity contribution in [2.24, 2.45) is 0 Å². The summed E-state index contributed by atoms with van der Waals surface area (Å²) < 4.78 is 6.23. The summed E-state index contributed by atoms with van der Waals surface area (Å²) in [6.07, 6.45) is 0. The molecular weight excluding hydrogens is 357 g/mol. The highest BCUT2D eigenvalue weighted by Crippen LogP contribution is 2.37. The molecule has 0 aliphatic heterocycles. The number of hydrogen-bond donors (Lipinski definition) is 0. The SMILES string of the molecule is O=[N+]([O-])c1cc(Cl)ccc1Oc1cc(Br)ccc1Cl. The van der Waals surface area contributed by atoms with Gasteiger partial charge < -0.3 is 4.74 Å². The fraction of sp³-hybridized carbons (Fsp3) is 0. The molecule has 0 unspecified atom stereocenters. The Bertz CT molecular complexity index is 649. The monoisotopic (exact) mass is 361 g/mol. The average molecular weight is 363 g/mol. The second kappa shape index (κ2) is 5.77. The van der Waals surface area contributed by atoms with Crippen LogP contribution < -0.4 is 4.74 Å². The van der Waals surface area contributed by atoms with Gasteiger partial charge in [0.1, 0.15) is 5.75 Å². The van der Waals surface area contributed by atoms with Crippen LogP contribution in [0.4, 0.5) is 5.69 Å². The number of halogens is 3. The van der Waals surface area contributed by atoms with Crippen LogP contribution in [0.15, 0.2) is 40.9 Å². The molecule has 19 heavy (non-hydrogen) atoms. The molecule has 0 amide bonds. The molecule has 0 bridgehead atoms. The Morgan fingerprint density at radius 1 is 1.11 bits per heavy atom. The van der Waals surface area contributed by atoms with Gasteiger partial charge in [0.05, 0.1) is 9.95 Å². The molecular formula is C12H6BrCl2NO3. The molecule has 2 aromatic rings. The first kappa shape index (κ1) is 14.1. The molecule has 0 saturated heterocycles. The van der Waals surface area contributed by atoms with Crippen LogP contribution in [0.25, 0.3) is 0 Å². The highest BCUT2D eigenvalue weighted by Gasteiger charge is 2.17. The van der Waals surface area contributed by atoms with Crippen molar-refractivity contribution < 1.29 is 9.66 Å². The van der Waals surface area contributed by atoms with Crippen LogP contribution in [0.2, 0.25) is 10.0 Å². The molecule has 2 rings (SSSR count). The topological polar surface area (TPSA) is 52.4 Å². The van der Waals surface area contributed by atoms with Crippen LogP contribution in [-0.2, 0) is 0 Å². The Balaban J connectivity index is 2.43. The van der Waals surface area contributed by atoms with Gasteiger partial charge >= 0.3 is 5.69 Å². The fourth-order valence-electron chi connectivity index (χ4n) is 1.39. The van der Waals surface area contributed by atoms with E-state index in [-0.39, 0.29) is 16.5 Å². The molecule has 0 radical (unpaired) electrons. The molecule has 0 heterocycles. The van der Waals surface area contributed by atoms with Gasteiger partial charge in [0.15, 0.2) is 0 Å². The maximum atomic E-state index is 10.9. The van der Waals surface area contributed by atoms with Crippen molar-refractivity contribution in [3.05, 3.63) is 61.0 Å². The molecule has 0 aliphatic carbocycles. The summed E-state index contributed by atoms with van der Waals surface area (Å²) in [7, 11) is 0. The lowest BCUT2D eigenvalue weighted by atomic mass is 10.3. The lowest BCUT2D eigenvalue weighted by Gasteiger charge is -2.08. The van der Waals surface area contributed by atoms with Gasteiger partial charge in [-0.25, -0.2) is 0 Å². The first-order valence-corrected chi connectivity index (χ1v) is 6.59. The summed E-state index contributed by atoms with van der Waals surface area (Å²) in [5.74, 6) is 0.399. The highest BCUT2D eigenvalue weighted by molar-refractivity contribution is 9.10. The van der Waals surface area contributed by atoms with E-state index in [2.05, 4.69) is 15.9 Å². The third-order valence-corrected chi connectivity index (χ3v) is 3.27. The molecule has 0 spiro atoms. The van der Waals surface area contributed by atoms with Crippen molar-refractivity contribution in [1.82, 2.24) is 0 Å². The standard InChI is InChI=1S/C12H6BrCl2NO3/c13-7-1-3-9(15)12(5-7)19-11-4-2-8(14)6-10(11)16(17)18/h1-6H. The number of hydrogen-bond acceptors (Lipinski definition) is 3. The van der Waals surface area contributed by atoms with E-state index < -0.39 is 4.92 Å². The minimum Gasteiger partial charge on any atom is -0.449 e. The van der Waals surface area contributed by atoms with Crippen LogP contribution in [0, 0.1) is 10.1 Å². The molecule has 0 saturated carbocycles. The number of nitro groups is 1. The van der Waals surface area contributed by atoms with Gasteiger partial charge in [0, 0.05) is 15.6 Å². The number of ether oxygens (including phenoxy) is 1. The van der Waals surface area contributed by atoms with Crippen LogP contribution >= 0.6 is 39.1 Å². The first-order valence-electron chi connectivity index (χ1n) is 5.04. The van der Waals surface area contributed by atoms with E-state index in [1.807, 2.05) is 0 Å². The second-order valence-electron chi connectivity index (χ2n) is 3.55. The number of nitrogens with zero attached hydrogens (tertiary/aromatic N) is 1. The summed E-state index contributed by atoms with van der Waals surface area (Å²) in [6, 6.07) is 9.16. The van der Waals surface area contributed by atoms with Gasteiger partial charge in [-0.2, -0.15) is 0 Å². The van der Waals surface area contributed by atoms with E-state index >= 15 is 0 Å². The van der Waals surface area contributed by atoms with E-state index in [0.717, 1.165) is 4.47 Å². The smallest absolute Gasteiger partial charge is 0.313 e. The Labute approximate surface area is 127 Å². The zero-order valence-corrected chi connectivity index (χ0v) is 12.4. The maximum absolute atomic E-state index is 10.9. The molecule has 2 aromatic carbocycles. The predicted octanol–water partition coefficient (Wildman–Crippen LogP) is 5.46.